The summed E-state index contributed by atoms with van der Waals surface area (Å²) in [4.78, 5) is 6.76. The minimum absolute atomic E-state index is 0.330. The Hall–Kier alpha value is -1.98. The maximum atomic E-state index is 5.72. The second-order valence-electron chi connectivity index (χ2n) is 4.86. The predicted octanol–water partition coefficient (Wildman–Crippen LogP) is 2.36. The first-order valence-electron chi connectivity index (χ1n) is 6.66. The summed E-state index contributed by atoms with van der Waals surface area (Å²) in [7, 11) is 3.73. The molecular formula is C16H19N3OS. The fourth-order valence-corrected chi connectivity index (χ4v) is 2.44. The number of ether oxygens (including phenoxy) is 1. The van der Waals surface area contributed by atoms with Crippen LogP contribution in [0.15, 0.2) is 42.6 Å². The molecule has 0 aliphatic heterocycles. The topological polar surface area (TPSA) is 51.4 Å². The summed E-state index contributed by atoms with van der Waals surface area (Å²) >= 11 is 5.05. The van der Waals surface area contributed by atoms with Crippen molar-refractivity contribution in [2.75, 3.05) is 14.2 Å². The molecule has 0 saturated carbocycles. The maximum absolute atomic E-state index is 5.72. The largest absolute Gasteiger partial charge is 0.496 e. The zero-order chi connectivity index (χ0) is 15.2. The van der Waals surface area contributed by atoms with Gasteiger partial charge in [-0.05, 0) is 24.7 Å². The standard InChI is InChI=1S/C16H19N3OS/c1-19(10-12-6-3-4-8-14(12)20-2)11-13-7-5-9-18-15(13)16(17)21/h3-9H,10-11H2,1-2H3,(H2,17,21). The number of hydrogen-bond acceptors (Lipinski definition) is 4. The van der Waals surface area contributed by atoms with Gasteiger partial charge < -0.3 is 10.5 Å². The van der Waals surface area contributed by atoms with Crippen molar-refractivity contribution in [1.29, 1.82) is 0 Å². The molecule has 0 saturated heterocycles. The quantitative estimate of drug-likeness (QED) is 0.830. The summed E-state index contributed by atoms with van der Waals surface area (Å²) < 4.78 is 5.38. The molecule has 110 valence electrons. The molecule has 0 aliphatic rings. The lowest BCUT2D eigenvalue weighted by atomic mass is 10.1. The van der Waals surface area contributed by atoms with Crippen LogP contribution in [0.4, 0.5) is 0 Å². The highest BCUT2D eigenvalue weighted by atomic mass is 32.1. The number of nitrogens with two attached hydrogens (primary N) is 1. The van der Waals surface area contributed by atoms with Crippen LogP contribution in [-0.4, -0.2) is 29.0 Å². The molecule has 2 aromatic rings. The summed E-state index contributed by atoms with van der Waals surface area (Å²) in [5, 5.41) is 0. The first-order chi connectivity index (χ1) is 10.1. The van der Waals surface area contributed by atoms with Crippen molar-refractivity contribution in [2.24, 2.45) is 5.73 Å². The second kappa shape index (κ2) is 7.15. The van der Waals surface area contributed by atoms with Gasteiger partial charge in [-0.25, -0.2) is 0 Å². The average Bonchev–Trinajstić information content (AvgIpc) is 2.48. The fraction of sp³-hybridized carbons (Fsp3) is 0.250. The van der Waals surface area contributed by atoms with Gasteiger partial charge in [0.05, 0.1) is 7.11 Å². The zero-order valence-corrected chi connectivity index (χ0v) is 13.1. The number of benzene rings is 1. The van der Waals surface area contributed by atoms with Crippen molar-refractivity contribution in [3.05, 3.63) is 59.4 Å². The lowest BCUT2D eigenvalue weighted by molar-refractivity contribution is 0.309. The third kappa shape index (κ3) is 4.00. The molecule has 0 unspecified atom stereocenters. The summed E-state index contributed by atoms with van der Waals surface area (Å²) in [6.07, 6.45) is 1.71. The van der Waals surface area contributed by atoms with E-state index < -0.39 is 0 Å². The van der Waals surface area contributed by atoms with E-state index in [0.29, 0.717) is 10.7 Å². The van der Waals surface area contributed by atoms with Crippen LogP contribution < -0.4 is 10.5 Å². The van der Waals surface area contributed by atoms with E-state index in [1.807, 2.05) is 37.4 Å². The second-order valence-corrected chi connectivity index (χ2v) is 5.30. The number of methoxy groups -OCH3 is 1. The molecule has 1 aromatic heterocycles. The van der Waals surface area contributed by atoms with Gasteiger partial charge >= 0.3 is 0 Å². The Morgan fingerprint density at radius 3 is 2.57 bits per heavy atom. The van der Waals surface area contributed by atoms with Crippen molar-refractivity contribution < 1.29 is 4.74 Å². The van der Waals surface area contributed by atoms with Crippen LogP contribution in [0.1, 0.15) is 16.8 Å². The van der Waals surface area contributed by atoms with Crippen molar-refractivity contribution in [1.82, 2.24) is 9.88 Å². The number of para-hydroxylation sites is 1. The minimum atomic E-state index is 0.330. The number of thiocarbonyl (C=S) groups is 1. The Morgan fingerprint density at radius 1 is 1.19 bits per heavy atom. The number of aromatic nitrogens is 1. The molecule has 2 rings (SSSR count). The summed E-state index contributed by atoms with van der Waals surface area (Å²) in [6, 6.07) is 11.9. The van der Waals surface area contributed by atoms with Gasteiger partial charge in [0, 0.05) is 24.8 Å². The monoisotopic (exact) mass is 301 g/mol. The molecule has 0 aliphatic carbocycles. The summed E-state index contributed by atoms with van der Waals surface area (Å²) in [5.41, 5.74) is 8.58. The molecule has 0 atom stereocenters. The van der Waals surface area contributed by atoms with E-state index in [2.05, 4.69) is 16.0 Å². The lowest BCUT2D eigenvalue weighted by Crippen LogP contribution is -2.21. The lowest BCUT2D eigenvalue weighted by Gasteiger charge is -2.19. The maximum Gasteiger partial charge on any atom is 0.123 e. The zero-order valence-electron chi connectivity index (χ0n) is 12.2. The highest BCUT2D eigenvalue weighted by Crippen LogP contribution is 2.19. The predicted molar refractivity (Wildman–Crippen MR) is 88.3 cm³/mol. The van der Waals surface area contributed by atoms with Crippen LogP contribution in [0.5, 0.6) is 5.75 Å². The highest BCUT2D eigenvalue weighted by Gasteiger charge is 2.10. The van der Waals surface area contributed by atoms with E-state index in [1.54, 1.807) is 13.3 Å². The molecule has 4 nitrogen and oxygen atoms in total. The van der Waals surface area contributed by atoms with Gasteiger partial charge in [-0.2, -0.15) is 0 Å². The van der Waals surface area contributed by atoms with E-state index in [0.717, 1.165) is 30.0 Å². The normalized spacial score (nSPS) is 10.6. The number of rotatable bonds is 6. The van der Waals surface area contributed by atoms with E-state index >= 15 is 0 Å². The number of hydrogen-bond donors (Lipinski definition) is 1. The van der Waals surface area contributed by atoms with Crippen molar-refractivity contribution in [2.45, 2.75) is 13.1 Å². The molecule has 1 heterocycles. The Labute approximate surface area is 130 Å². The molecular weight excluding hydrogens is 282 g/mol. The van der Waals surface area contributed by atoms with Crippen LogP contribution in [0, 0.1) is 0 Å². The van der Waals surface area contributed by atoms with E-state index in [9.17, 15) is 0 Å². The third-order valence-electron chi connectivity index (χ3n) is 3.20. The van der Waals surface area contributed by atoms with Gasteiger partial charge in [0.1, 0.15) is 16.4 Å². The van der Waals surface area contributed by atoms with Gasteiger partial charge in [0.15, 0.2) is 0 Å². The van der Waals surface area contributed by atoms with Crippen LogP contribution in [0.2, 0.25) is 0 Å². The first-order valence-corrected chi connectivity index (χ1v) is 7.06. The summed E-state index contributed by atoms with van der Waals surface area (Å²) in [5.74, 6) is 0.894. The third-order valence-corrected chi connectivity index (χ3v) is 3.39. The van der Waals surface area contributed by atoms with E-state index in [1.165, 1.54) is 0 Å². The van der Waals surface area contributed by atoms with Crippen LogP contribution in [0.3, 0.4) is 0 Å². The van der Waals surface area contributed by atoms with Crippen LogP contribution >= 0.6 is 12.2 Å². The minimum Gasteiger partial charge on any atom is -0.496 e. The Kier molecular flexibility index (Phi) is 5.25. The van der Waals surface area contributed by atoms with E-state index in [-0.39, 0.29) is 0 Å². The molecule has 0 radical (unpaired) electrons. The first kappa shape index (κ1) is 15.4. The van der Waals surface area contributed by atoms with Gasteiger partial charge in [-0.3, -0.25) is 9.88 Å². The van der Waals surface area contributed by atoms with Crippen molar-refractivity contribution in [3.63, 3.8) is 0 Å². The Balaban J connectivity index is 2.12. The Bertz CT molecular complexity index is 630. The smallest absolute Gasteiger partial charge is 0.123 e. The van der Waals surface area contributed by atoms with Gasteiger partial charge in [0.2, 0.25) is 0 Å². The SMILES string of the molecule is COc1ccccc1CN(C)Cc1cccnc1C(N)=S. The molecule has 1 aromatic carbocycles. The number of pyridine rings is 1. The van der Waals surface area contributed by atoms with Crippen molar-refractivity contribution in [3.8, 4) is 5.75 Å². The summed E-state index contributed by atoms with van der Waals surface area (Å²) in [6.45, 7) is 1.49. The van der Waals surface area contributed by atoms with Gasteiger partial charge in [-0.15, -0.1) is 0 Å². The van der Waals surface area contributed by atoms with Gasteiger partial charge in [-0.1, -0.05) is 36.5 Å². The number of nitrogens with zero attached hydrogens (tertiary/aromatic N) is 2. The van der Waals surface area contributed by atoms with Crippen LogP contribution in [0.25, 0.3) is 0 Å². The van der Waals surface area contributed by atoms with Gasteiger partial charge in [0.25, 0.3) is 0 Å². The molecule has 0 amide bonds. The molecule has 0 bridgehead atoms. The Morgan fingerprint density at radius 2 is 1.86 bits per heavy atom. The molecule has 0 spiro atoms. The van der Waals surface area contributed by atoms with Crippen molar-refractivity contribution >= 4 is 17.2 Å². The fourth-order valence-electron chi connectivity index (χ4n) is 2.26. The molecule has 21 heavy (non-hydrogen) atoms. The molecule has 0 fully saturated rings. The average molecular weight is 301 g/mol. The van der Waals surface area contributed by atoms with E-state index in [4.69, 9.17) is 22.7 Å². The molecule has 5 heteroatoms. The molecule has 2 N–H and O–H groups in total. The van der Waals surface area contributed by atoms with Crippen LogP contribution in [-0.2, 0) is 13.1 Å². The highest BCUT2D eigenvalue weighted by molar-refractivity contribution is 7.80.